The van der Waals surface area contributed by atoms with Crippen LogP contribution in [0.3, 0.4) is 0 Å². The molecule has 0 amide bonds. The van der Waals surface area contributed by atoms with Gasteiger partial charge in [-0.3, -0.25) is 0 Å². The smallest absolute Gasteiger partial charge is 0.159 e. The molecule has 0 saturated heterocycles. The van der Waals surface area contributed by atoms with E-state index < -0.39 is 17.7 Å². The molecule has 1 atom stereocenters. The number of nitrogens with two attached hydrogens (primary N) is 1. The molecule has 1 aromatic rings. The van der Waals surface area contributed by atoms with Gasteiger partial charge in [-0.2, -0.15) is 0 Å². The Kier molecular flexibility index (Phi) is 5.85. The topological polar surface area (TPSA) is 44.5 Å². The van der Waals surface area contributed by atoms with Crippen LogP contribution >= 0.6 is 0 Å². The summed E-state index contributed by atoms with van der Waals surface area (Å²) in [5.41, 5.74) is 6.13. The summed E-state index contributed by atoms with van der Waals surface area (Å²) in [7, 11) is 1.65. The van der Waals surface area contributed by atoms with Gasteiger partial charge in [0.25, 0.3) is 0 Å². The predicted molar refractivity (Wildman–Crippen MR) is 69.8 cm³/mol. The highest BCUT2D eigenvalue weighted by molar-refractivity contribution is 5.20. The maximum Gasteiger partial charge on any atom is 0.159 e. The van der Waals surface area contributed by atoms with Gasteiger partial charge in [-0.1, -0.05) is 6.07 Å². The van der Waals surface area contributed by atoms with E-state index in [1.54, 1.807) is 7.11 Å². The first-order chi connectivity index (χ1) is 8.85. The van der Waals surface area contributed by atoms with E-state index in [1.807, 2.05) is 13.8 Å². The molecule has 1 unspecified atom stereocenters. The van der Waals surface area contributed by atoms with Crippen molar-refractivity contribution in [2.45, 2.75) is 31.9 Å². The fourth-order valence-corrected chi connectivity index (χ4v) is 1.47. The van der Waals surface area contributed by atoms with Crippen molar-refractivity contribution in [2.75, 3.05) is 20.3 Å². The molecule has 0 aromatic heterocycles. The second kappa shape index (κ2) is 6.93. The molecule has 0 aliphatic heterocycles. The van der Waals surface area contributed by atoms with E-state index >= 15 is 0 Å². The normalized spacial score (nSPS) is 13.6. The first-order valence-corrected chi connectivity index (χ1v) is 6.19. The van der Waals surface area contributed by atoms with E-state index in [2.05, 4.69) is 0 Å². The number of hydrogen-bond acceptors (Lipinski definition) is 3. The van der Waals surface area contributed by atoms with Crippen LogP contribution in [0.1, 0.15) is 31.9 Å². The second-order valence-corrected chi connectivity index (χ2v) is 5.07. The molecule has 0 bridgehead atoms. The number of halogens is 2. The highest BCUT2D eigenvalue weighted by atomic mass is 19.2. The first-order valence-electron chi connectivity index (χ1n) is 6.19. The van der Waals surface area contributed by atoms with Gasteiger partial charge in [-0.25, -0.2) is 8.78 Å². The number of rotatable bonds is 7. The van der Waals surface area contributed by atoms with E-state index in [1.165, 1.54) is 6.07 Å². The molecule has 19 heavy (non-hydrogen) atoms. The van der Waals surface area contributed by atoms with Gasteiger partial charge in [0.15, 0.2) is 11.6 Å². The van der Waals surface area contributed by atoms with Crippen LogP contribution in [-0.4, -0.2) is 25.9 Å². The average molecular weight is 273 g/mol. The highest BCUT2D eigenvalue weighted by Gasteiger charge is 2.16. The molecule has 0 aliphatic carbocycles. The molecule has 2 N–H and O–H groups in total. The predicted octanol–water partition coefficient (Wildman–Crippen LogP) is 2.80. The van der Waals surface area contributed by atoms with Crippen LogP contribution in [0, 0.1) is 11.6 Å². The van der Waals surface area contributed by atoms with Crippen molar-refractivity contribution in [1.82, 2.24) is 0 Å². The lowest BCUT2D eigenvalue weighted by Gasteiger charge is -2.23. The summed E-state index contributed by atoms with van der Waals surface area (Å²) in [5, 5.41) is 0. The summed E-state index contributed by atoms with van der Waals surface area (Å²) in [5.74, 6) is -1.77. The molecule has 0 spiro atoms. The summed E-state index contributed by atoms with van der Waals surface area (Å²) in [6.07, 6.45) is 0.730. The standard InChI is InChI=1S/C14H21F2NO2/c1-14(2,18-3)6-7-19-9-13(17)10-4-5-11(15)12(16)8-10/h4-5,8,13H,6-7,9,17H2,1-3H3. The molecule has 0 aliphatic rings. The van der Waals surface area contributed by atoms with Crippen LogP contribution in [0.5, 0.6) is 0 Å². The molecular formula is C14H21F2NO2. The van der Waals surface area contributed by atoms with Crippen molar-refractivity contribution < 1.29 is 18.3 Å². The maximum absolute atomic E-state index is 13.0. The molecule has 0 radical (unpaired) electrons. The Balaban J connectivity index is 2.39. The van der Waals surface area contributed by atoms with Crippen molar-refractivity contribution in [3.8, 4) is 0 Å². The van der Waals surface area contributed by atoms with Gasteiger partial charge in [0.1, 0.15) is 0 Å². The van der Waals surface area contributed by atoms with Crippen molar-refractivity contribution in [3.63, 3.8) is 0 Å². The molecule has 0 fully saturated rings. The zero-order valence-electron chi connectivity index (χ0n) is 11.6. The van der Waals surface area contributed by atoms with Gasteiger partial charge in [0, 0.05) is 13.7 Å². The van der Waals surface area contributed by atoms with E-state index in [9.17, 15) is 8.78 Å². The van der Waals surface area contributed by atoms with Crippen molar-refractivity contribution in [1.29, 1.82) is 0 Å². The minimum absolute atomic E-state index is 0.244. The molecule has 0 heterocycles. The van der Waals surface area contributed by atoms with E-state index in [-0.39, 0.29) is 12.2 Å². The third-order valence-electron chi connectivity index (χ3n) is 3.07. The Bertz CT molecular complexity index is 410. The van der Waals surface area contributed by atoms with Crippen LogP contribution in [0.2, 0.25) is 0 Å². The SMILES string of the molecule is COC(C)(C)CCOCC(N)c1ccc(F)c(F)c1. The minimum Gasteiger partial charge on any atom is -0.379 e. The lowest BCUT2D eigenvalue weighted by molar-refractivity contribution is -0.0113. The van der Waals surface area contributed by atoms with Crippen molar-refractivity contribution in [2.24, 2.45) is 5.73 Å². The minimum atomic E-state index is -0.895. The van der Waals surface area contributed by atoms with Gasteiger partial charge < -0.3 is 15.2 Å². The Labute approximate surface area is 112 Å². The maximum atomic E-state index is 13.0. The van der Waals surface area contributed by atoms with Gasteiger partial charge in [0.05, 0.1) is 18.2 Å². The second-order valence-electron chi connectivity index (χ2n) is 5.07. The lowest BCUT2D eigenvalue weighted by Crippen LogP contribution is -2.25. The molecule has 1 aromatic carbocycles. The third kappa shape index (κ3) is 5.22. The van der Waals surface area contributed by atoms with Gasteiger partial charge in [0.2, 0.25) is 0 Å². The first kappa shape index (κ1) is 16.0. The summed E-state index contributed by atoms with van der Waals surface area (Å²) >= 11 is 0. The Morgan fingerprint density at radius 2 is 1.95 bits per heavy atom. The van der Waals surface area contributed by atoms with Gasteiger partial charge in [-0.15, -0.1) is 0 Å². The van der Waals surface area contributed by atoms with Crippen LogP contribution in [0.4, 0.5) is 8.78 Å². The van der Waals surface area contributed by atoms with Gasteiger partial charge >= 0.3 is 0 Å². The van der Waals surface area contributed by atoms with Gasteiger partial charge in [-0.05, 0) is 38.0 Å². The fraction of sp³-hybridized carbons (Fsp3) is 0.571. The molecule has 3 nitrogen and oxygen atoms in total. The van der Waals surface area contributed by atoms with Crippen molar-refractivity contribution >= 4 is 0 Å². The Hall–Kier alpha value is -1.04. The zero-order valence-corrected chi connectivity index (χ0v) is 11.6. The molecule has 0 saturated carbocycles. The quantitative estimate of drug-likeness (QED) is 0.777. The molecule has 5 heteroatoms. The average Bonchev–Trinajstić information content (AvgIpc) is 2.37. The Morgan fingerprint density at radius 1 is 1.26 bits per heavy atom. The lowest BCUT2D eigenvalue weighted by atomic mass is 10.1. The largest absolute Gasteiger partial charge is 0.379 e. The zero-order chi connectivity index (χ0) is 14.5. The Morgan fingerprint density at radius 3 is 2.53 bits per heavy atom. The molecule has 108 valence electrons. The van der Waals surface area contributed by atoms with Crippen LogP contribution < -0.4 is 5.73 Å². The van der Waals surface area contributed by atoms with Crippen molar-refractivity contribution in [3.05, 3.63) is 35.4 Å². The molecular weight excluding hydrogens is 252 g/mol. The van der Waals surface area contributed by atoms with Crippen LogP contribution in [-0.2, 0) is 9.47 Å². The number of ether oxygens (including phenoxy) is 2. The number of benzene rings is 1. The molecule has 1 rings (SSSR count). The number of hydrogen-bond donors (Lipinski definition) is 1. The van der Waals surface area contributed by atoms with E-state index in [0.29, 0.717) is 12.2 Å². The summed E-state index contributed by atoms with van der Waals surface area (Å²) < 4.78 is 36.5. The van der Waals surface area contributed by atoms with Crippen LogP contribution in [0.15, 0.2) is 18.2 Å². The third-order valence-corrected chi connectivity index (χ3v) is 3.07. The monoisotopic (exact) mass is 273 g/mol. The van der Waals surface area contributed by atoms with Crippen LogP contribution in [0.25, 0.3) is 0 Å². The van der Waals surface area contributed by atoms with E-state index in [0.717, 1.165) is 18.6 Å². The fourth-order valence-electron chi connectivity index (χ4n) is 1.47. The van der Waals surface area contributed by atoms with E-state index in [4.69, 9.17) is 15.2 Å². The summed E-state index contributed by atoms with van der Waals surface area (Å²) in [6, 6.07) is 3.16. The summed E-state index contributed by atoms with van der Waals surface area (Å²) in [4.78, 5) is 0. The number of methoxy groups -OCH3 is 1. The highest BCUT2D eigenvalue weighted by Crippen LogP contribution is 2.16. The summed E-state index contributed by atoms with van der Waals surface area (Å²) in [6.45, 7) is 4.68.